The van der Waals surface area contributed by atoms with Crippen LogP contribution < -0.4 is 4.74 Å². The molecule has 1 heterocycles. The van der Waals surface area contributed by atoms with E-state index in [4.69, 9.17) is 4.74 Å². The van der Waals surface area contributed by atoms with Gasteiger partial charge in [0, 0.05) is 6.54 Å². The topological polar surface area (TPSA) is 49.8 Å². The van der Waals surface area contributed by atoms with Crippen molar-refractivity contribution in [3.63, 3.8) is 0 Å². The van der Waals surface area contributed by atoms with Crippen molar-refractivity contribution in [2.45, 2.75) is 38.8 Å². The van der Waals surface area contributed by atoms with Gasteiger partial charge in [0.15, 0.2) is 0 Å². The van der Waals surface area contributed by atoms with Gasteiger partial charge in [0.1, 0.15) is 11.8 Å². The molecule has 2 atom stereocenters. The summed E-state index contributed by atoms with van der Waals surface area (Å²) in [6.45, 7) is 4.95. The van der Waals surface area contributed by atoms with Gasteiger partial charge in [0.25, 0.3) is 0 Å². The zero-order valence-electron chi connectivity index (χ0n) is 15.0. The zero-order chi connectivity index (χ0) is 18.0. The highest BCUT2D eigenvalue weighted by atomic mass is 16.5. The molecule has 0 saturated carbocycles. The van der Waals surface area contributed by atoms with E-state index < -0.39 is 12.0 Å². The van der Waals surface area contributed by atoms with E-state index in [1.807, 2.05) is 18.2 Å². The third-order valence-electron chi connectivity index (χ3n) is 4.88. The molecular formula is C21H25NO3. The van der Waals surface area contributed by atoms with Crippen molar-refractivity contribution in [1.29, 1.82) is 0 Å². The lowest BCUT2D eigenvalue weighted by Gasteiger charge is -2.32. The Bertz CT molecular complexity index is 751. The summed E-state index contributed by atoms with van der Waals surface area (Å²) in [5.74, 6) is 0.0488. The Morgan fingerprint density at radius 2 is 1.88 bits per heavy atom. The number of hydrogen-bond acceptors (Lipinski definition) is 3. The molecule has 2 unspecified atom stereocenters. The summed E-state index contributed by atoms with van der Waals surface area (Å²) in [6.07, 6.45) is 1.60. The number of aliphatic carboxylic acids is 1. The van der Waals surface area contributed by atoms with E-state index in [2.05, 4.69) is 43.0 Å². The number of rotatable bonds is 5. The number of aryl methyl sites for hydroxylation is 2. The minimum Gasteiger partial charge on any atom is -0.497 e. The summed E-state index contributed by atoms with van der Waals surface area (Å²) < 4.78 is 5.39. The number of carboxylic acids is 1. The molecule has 1 aliphatic heterocycles. The van der Waals surface area contributed by atoms with E-state index in [0.29, 0.717) is 6.42 Å². The van der Waals surface area contributed by atoms with Crippen molar-refractivity contribution in [3.8, 4) is 5.75 Å². The summed E-state index contributed by atoms with van der Waals surface area (Å²) in [7, 11) is 1.65. The Morgan fingerprint density at radius 3 is 2.52 bits per heavy atom. The first-order chi connectivity index (χ1) is 12.0. The van der Waals surface area contributed by atoms with Gasteiger partial charge in [-0.25, -0.2) is 0 Å². The first-order valence-corrected chi connectivity index (χ1v) is 8.70. The first kappa shape index (κ1) is 17.5. The molecule has 1 aliphatic rings. The predicted octanol–water partition coefficient (Wildman–Crippen LogP) is 3.95. The molecule has 2 aromatic rings. The van der Waals surface area contributed by atoms with Gasteiger partial charge < -0.3 is 9.84 Å². The number of ether oxygens (including phenoxy) is 1. The van der Waals surface area contributed by atoms with Gasteiger partial charge in [0.2, 0.25) is 0 Å². The van der Waals surface area contributed by atoms with Crippen molar-refractivity contribution in [1.82, 2.24) is 4.90 Å². The van der Waals surface area contributed by atoms with Crippen LogP contribution in [0.25, 0.3) is 0 Å². The van der Waals surface area contributed by atoms with Crippen molar-refractivity contribution in [2.24, 2.45) is 0 Å². The fourth-order valence-electron chi connectivity index (χ4n) is 3.92. The van der Waals surface area contributed by atoms with E-state index in [-0.39, 0.29) is 6.04 Å². The number of likely N-dealkylation sites (tertiary alicyclic amines) is 1. The Balaban J connectivity index is 2.12. The van der Waals surface area contributed by atoms with E-state index >= 15 is 0 Å². The van der Waals surface area contributed by atoms with Crippen molar-refractivity contribution in [3.05, 3.63) is 64.7 Å². The summed E-state index contributed by atoms with van der Waals surface area (Å²) in [5, 5.41) is 9.67. The van der Waals surface area contributed by atoms with E-state index in [1.165, 1.54) is 11.1 Å². The van der Waals surface area contributed by atoms with Gasteiger partial charge in [-0.2, -0.15) is 0 Å². The second kappa shape index (κ2) is 7.28. The molecule has 3 rings (SSSR count). The van der Waals surface area contributed by atoms with Gasteiger partial charge in [-0.3, -0.25) is 9.69 Å². The maximum Gasteiger partial charge on any atom is 0.320 e. The molecule has 4 nitrogen and oxygen atoms in total. The first-order valence-electron chi connectivity index (χ1n) is 8.70. The quantitative estimate of drug-likeness (QED) is 0.896. The lowest BCUT2D eigenvalue weighted by atomic mass is 9.93. The van der Waals surface area contributed by atoms with Crippen LogP contribution in [0.5, 0.6) is 5.75 Å². The highest BCUT2D eigenvalue weighted by molar-refractivity contribution is 5.74. The van der Waals surface area contributed by atoms with Gasteiger partial charge in [0.05, 0.1) is 13.2 Å². The number of carbonyl (C=O) groups is 1. The largest absolute Gasteiger partial charge is 0.497 e. The van der Waals surface area contributed by atoms with Crippen LogP contribution in [-0.4, -0.2) is 35.7 Å². The van der Waals surface area contributed by atoms with Crippen molar-refractivity contribution < 1.29 is 14.6 Å². The van der Waals surface area contributed by atoms with Gasteiger partial charge in [-0.15, -0.1) is 0 Å². The number of benzene rings is 2. The summed E-state index contributed by atoms with van der Waals surface area (Å²) >= 11 is 0. The standard InChI is InChI=1S/C21H25NO3/c1-14-10-15(2)12-17(11-14)20(16-6-4-7-18(13-16)25-3)22-9-5-8-19(22)21(23)24/h4,6-7,10-13,19-20H,5,8-9H2,1-3H3,(H,23,24). The second-order valence-electron chi connectivity index (χ2n) is 6.83. The average Bonchev–Trinajstić information content (AvgIpc) is 3.04. The normalized spacial score (nSPS) is 18.9. The average molecular weight is 339 g/mol. The third-order valence-corrected chi connectivity index (χ3v) is 4.88. The SMILES string of the molecule is COc1cccc(C(c2cc(C)cc(C)c2)N2CCCC2C(=O)O)c1. The molecule has 1 fully saturated rings. The summed E-state index contributed by atoms with van der Waals surface area (Å²) in [4.78, 5) is 13.9. The summed E-state index contributed by atoms with van der Waals surface area (Å²) in [6, 6.07) is 13.9. The van der Waals surface area contributed by atoms with Crippen LogP contribution in [-0.2, 0) is 4.79 Å². The molecule has 132 valence electrons. The number of nitrogens with zero attached hydrogens (tertiary/aromatic N) is 1. The molecule has 4 heteroatoms. The molecule has 0 aliphatic carbocycles. The summed E-state index contributed by atoms with van der Waals surface area (Å²) in [5.41, 5.74) is 4.58. The fourth-order valence-corrected chi connectivity index (χ4v) is 3.92. The second-order valence-corrected chi connectivity index (χ2v) is 6.83. The van der Waals surface area contributed by atoms with Crippen LogP contribution in [0, 0.1) is 13.8 Å². The number of hydrogen-bond donors (Lipinski definition) is 1. The van der Waals surface area contributed by atoms with E-state index in [9.17, 15) is 9.90 Å². The van der Waals surface area contributed by atoms with Gasteiger partial charge >= 0.3 is 5.97 Å². The van der Waals surface area contributed by atoms with Crippen LogP contribution in [0.2, 0.25) is 0 Å². The van der Waals surface area contributed by atoms with Crippen LogP contribution in [0.15, 0.2) is 42.5 Å². The molecular weight excluding hydrogens is 314 g/mol. The van der Waals surface area contributed by atoms with Gasteiger partial charge in [-0.1, -0.05) is 41.5 Å². The molecule has 25 heavy (non-hydrogen) atoms. The van der Waals surface area contributed by atoms with Crippen LogP contribution in [0.3, 0.4) is 0 Å². The minimum absolute atomic E-state index is 0.0858. The molecule has 2 aromatic carbocycles. The lowest BCUT2D eigenvalue weighted by molar-refractivity contribution is -0.142. The highest BCUT2D eigenvalue weighted by Gasteiger charge is 2.37. The molecule has 0 radical (unpaired) electrons. The molecule has 0 bridgehead atoms. The highest BCUT2D eigenvalue weighted by Crippen LogP contribution is 2.36. The molecule has 0 amide bonds. The fraction of sp³-hybridized carbons (Fsp3) is 0.381. The van der Waals surface area contributed by atoms with E-state index in [1.54, 1.807) is 7.11 Å². The Kier molecular flexibility index (Phi) is 5.09. The van der Waals surface area contributed by atoms with Crippen molar-refractivity contribution >= 4 is 5.97 Å². The predicted molar refractivity (Wildman–Crippen MR) is 98.1 cm³/mol. The molecule has 1 N–H and O–H groups in total. The monoisotopic (exact) mass is 339 g/mol. The van der Waals surface area contributed by atoms with Gasteiger partial charge in [-0.05, 0) is 49.9 Å². The third kappa shape index (κ3) is 3.69. The maximum absolute atomic E-state index is 11.8. The minimum atomic E-state index is -0.741. The Morgan fingerprint density at radius 1 is 1.16 bits per heavy atom. The Labute approximate surface area is 149 Å². The van der Waals surface area contributed by atoms with Crippen LogP contribution in [0.1, 0.15) is 41.1 Å². The molecule has 0 aromatic heterocycles. The number of methoxy groups -OCH3 is 1. The maximum atomic E-state index is 11.8. The van der Waals surface area contributed by atoms with Crippen molar-refractivity contribution in [2.75, 3.05) is 13.7 Å². The Hall–Kier alpha value is -2.33. The molecule has 1 saturated heterocycles. The zero-order valence-corrected chi connectivity index (χ0v) is 15.0. The van der Waals surface area contributed by atoms with Crippen LogP contribution >= 0.6 is 0 Å². The van der Waals surface area contributed by atoms with E-state index in [0.717, 1.165) is 29.8 Å². The molecule has 0 spiro atoms. The lowest BCUT2D eigenvalue weighted by Crippen LogP contribution is -2.39. The smallest absolute Gasteiger partial charge is 0.320 e. The van der Waals surface area contributed by atoms with Crippen LogP contribution in [0.4, 0.5) is 0 Å². The number of carboxylic acid groups (broad SMARTS) is 1.